The molecule has 1 aliphatic carbocycles. The first-order chi connectivity index (χ1) is 7.32. The minimum atomic E-state index is -0.309. The number of halogens is 1. The number of methoxy groups -OCH3 is 1. The van der Waals surface area contributed by atoms with Gasteiger partial charge in [0.1, 0.15) is 0 Å². The molecular weight excluding hydrogens is 270 g/mol. The van der Waals surface area contributed by atoms with Gasteiger partial charge in [-0.3, -0.25) is 0 Å². The summed E-state index contributed by atoms with van der Waals surface area (Å²) in [6.45, 7) is 4.28. The topological polar surface area (TPSA) is 55.5 Å². The summed E-state index contributed by atoms with van der Waals surface area (Å²) in [5, 5.41) is 9.73. The second-order valence-corrected chi connectivity index (χ2v) is 5.90. The van der Waals surface area contributed by atoms with Crippen molar-refractivity contribution in [3.63, 3.8) is 0 Å². The van der Waals surface area contributed by atoms with E-state index in [1.165, 1.54) is 7.11 Å². The molecule has 16 heavy (non-hydrogen) atoms. The van der Waals surface area contributed by atoms with Gasteiger partial charge in [0.2, 0.25) is 0 Å². The highest BCUT2D eigenvalue weighted by Gasteiger charge is 2.59. The molecule has 1 unspecified atom stereocenters. The second-order valence-electron chi connectivity index (χ2n) is 5.04. The molecule has 0 radical (unpaired) electrons. The summed E-state index contributed by atoms with van der Waals surface area (Å²) >= 11 is 3.31. The molecule has 88 valence electrons. The average molecular weight is 286 g/mol. The Morgan fingerprint density at radius 2 is 2.00 bits per heavy atom. The number of nitrogens with two attached hydrogens (primary N) is 1. The lowest BCUT2D eigenvalue weighted by atomic mass is 9.97. The Kier molecular flexibility index (Phi) is 2.48. The fourth-order valence-electron chi connectivity index (χ4n) is 2.13. The molecule has 0 aromatic heterocycles. The monoisotopic (exact) mass is 285 g/mol. The zero-order valence-electron chi connectivity index (χ0n) is 9.67. The Balaban J connectivity index is 2.49. The highest BCUT2D eigenvalue weighted by molar-refractivity contribution is 9.10. The van der Waals surface area contributed by atoms with Crippen LogP contribution in [0.2, 0.25) is 0 Å². The van der Waals surface area contributed by atoms with Crippen molar-refractivity contribution >= 4 is 15.9 Å². The van der Waals surface area contributed by atoms with Crippen LogP contribution in [0.15, 0.2) is 16.6 Å². The zero-order valence-corrected chi connectivity index (χ0v) is 11.3. The molecule has 3 nitrogen and oxygen atoms in total. The van der Waals surface area contributed by atoms with Gasteiger partial charge in [-0.2, -0.15) is 0 Å². The standard InChI is InChI=1S/C12H16BrNO2/c1-11(2)6-12(11,14)7-4-8(13)10(15)9(5-7)16-3/h4-5,15H,6,14H2,1-3H3. The fourth-order valence-corrected chi connectivity index (χ4v) is 2.57. The molecule has 0 spiro atoms. The van der Waals surface area contributed by atoms with E-state index in [1.54, 1.807) is 0 Å². The lowest BCUT2D eigenvalue weighted by Gasteiger charge is -2.17. The molecule has 1 aromatic rings. The number of hydrogen-bond acceptors (Lipinski definition) is 3. The van der Waals surface area contributed by atoms with Crippen LogP contribution in [0.1, 0.15) is 25.8 Å². The summed E-state index contributed by atoms with van der Waals surface area (Å²) in [5.41, 5.74) is 7.13. The summed E-state index contributed by atoms with van der Waals surface area (Å²) in [4.78, 5) is 0. The van der Waals surface area contributed by atoms with Gasteiger partial charge in [0.25, 0.3) is 0 Å². The highest BCUT2D eigenvalue weighted by Crippen LogP contribution is 2.61. The van der Waals surface area contributed by atoms with Crippen LogP contribution in [0.25, 0.3) is 0 Å². The molecule has 2 rings (SSSR count). The van der Waals surface area contributed by atoms with Crippen LogP contribution < -0.4 is 10.5 Å². The first-order valence-electron chi connectivity index (χ1n) is 5.18. The van der Waals surface area contributed by atoms with Gasteiger partial charge >= 0.3 is 0 Å². The SMILES string of the molecule is COc1cc(C2(N)CC2(C)C)cc(Br)c1O. The summed E-state index contributed by atoms with van der Waals surface area (Å²) in [6.07, 6.45) is 0.945. The maximum Gasteiger partial charge on any atom is 0.172 e. The van der Waals surface area contributed by atoms with E-state index in [0.717, 1.165) is 12.0 Å². The van der Waals surface area contributed by atoms with Crippen molar-refractivity contribution in [2.75, 3.05) is 7.11 Å². The number of hydrogen-bond donors (Lipinski definition) is 2. The maximum atomic E-state index is 9.73. The Labute approximate surface area is 104 Å². The van der Waals surface area contributed by atoms with E-state index < -0.39 is 0 Å². The van der Waals surface area contributed by atoms with Crippen molar-refractivity contribution in [1.29, 1.82) is 0 Å². The largest absolute Gasteiger partial charge is 0.503 e. The predicted octanol–water partition coefficient (Wildman–Crippen LogP) is 2.75. The zero-order chi connectivity index (χ0) is 12.1. The van der Waals surface area contributed by atoms with Gasteiger partial charge in [-0.15, -0.1) is 0 Å². The summed E-state index contributed by atoms with van der Waals surface area (Å²) in [7, 11) is 1.53. The van der Waals surface area contributed by atoms with Crippen LogP contribution in [0.3, 0.4) is 0 Å². The van der Waals surface area contributed by atoms with Crippen LogP contribution in [0.5, 0.6) is 11.5 Å². The molecule has 1 aromatic carbocycles. The van der Waals surface area contributed by atoms with E-state index in [1.807, 2.05) is 12.1 Å². The molecule has 1 saturated carbocycles. The summed E-state index contributed by atoms with van der Waals surface area (Å²) in [5.74, 6) is 0.574. The van der Waals surface area contributed by atoms with Gasteiger partial charge in [0.05, 0.1) is 11.6 Å². The van der Waals surface area contributed by atoms with Gasteiger partial charge < -0.3 is 15.6 Å². The third kappa shape index (κ3) is 1.52. The highest BCUT2D eigenvalue weighted by atomic mass is 79.9. The van der Waals surface area contributed by atoms with Gasteiger partial charge in [0, 0.05) is 5.54 Å². The Hall–Kier alpha value is -0.740. The molecule has 0 heterocycles. The lowest BCUT2D eigenvalue weighted by Crippen LogP contribution is -2.25. The van der Waals surface area contributed by atoms with Crippen LogP contribution >= 0.6 is 15.9 Å². The fraction of sp³-hybridized carbons (Fsp3) is 0.500. The molecular formula is C12H16BrNO2. The van der Waals surface area contributed by atoms with Crippen LogP contribution in [0, 0.1) is 5.41 Å². The van der Waals surface area contributed by atoms with E-state index in [-0.39, 0.29) is 16.7 Å². The quantitative estimate of drug-likeness (QED) is 0.879. The van der Waals surface area contributed by atoms with Gasteiger partial charge in [-0.1, -0.05) is 13.8 Å². The Bertz CT molecular complexity index is 445. The molecule has 0 amide bonds. The van der Waals surface area contributed by atoms with E-state index in [4.69, 9.17) is 10.5 Å². The molecule has 1 atom stereocenters. The molecule has 0 saturated heterocycles. The van der Waals surface area contributed by atoms with E-state index in [2.05, 4.69) is 29.8 Å². The Morgan fingerprint density at radius 1 is 1.44 bits per heavy atom. The summed E-state index contributed by atoms with van der Waals surface area (Å²) in [6, 6.07) is 3.68. The number of benzene rings is 1. The minimum Gasteiger partial charge on any atom is -0.503 e. The normalized spacial score (nSPS) is 26.6. The minimum absolute atomic E-state index is 0.106. The van der Waals surface area contributed by atoms with Gasteiger partial charge in [-0.05, 0) is 45.5 Å². The van der Waals surface area contributed by atoms with Crippen LogP contribution in [-0.2, 0) is 5.54 Å². The molecule has 3 N–H and O–H groups in total. The number of ether oxygens (including phenoxy) is 1. The average Bonchev–Trinajstić information content (AvgIpc) is 2.71. The molecule has 1 aliphatic rings. The number of phenols is 1. The second kappa shape index (κ2) is 3.37. The number of aromatic hydroxyl groups is 1. The van der Waals surface area contributed by atoms with Crippen molar-refractivity contribution in [1.82, 2.24) is 0 Å². The molecule has 4 heteroatoms. The number of phenolic OH excluding ortho intramolecular Hbond substituents is 1. The van der Waals surface area contributed by atoms with E-state index in [0.29, 0.717) is 10.2 Å². The van der Waals surface area contributed by atoms with E-state index >= 15 is 0 Å². The van der Waals surface area contributed by atoms with Gasteiger partial charge in [-0.25, -0.2) is 0 Å². The maximum absolute atomic E-state index is 9.73. The third-order valence-electron chi connectivity index (χ3n) is 3.57. The van der Waals surface area contributed by atoms with E-state index in [9.17, 15) is 5.11 Å². The van der Waals surface area contributed by atoms with Crippen molar-refractivity contribution in [3.8, 4) is 11.5 Å². The van der Waals surface area contributed by atoms with Gasteiger partial charge in [0.15, 0.2) is 11.5 Å². The van der Waals surface area contributed by atoms with Crippen molar-refractivity contribution in [2.45, 2.75) is 25.8 Å². The third-order valence-corrected chi connectivity index (χ3v) is 4.17. The smallest absolute Gasteiger partial charge is 0.172 e. The summed E-state index contributed by atoms with van der Waals surface area (Å²) < 4.78 is 5.74. The van der Waals surface area contributed by atoms with Crippen molar-refractivity contribution in [3.05, 3.63) is 22.2 Å². The lowest BCUT2D eigenvalue weighted by molar-refractivity contribution is 0.370. The van der Waals surface area contributed by atoms with Crippen molar-refractivity contribution < 1.29 is 9.84 Å². The Morgan fingerprint density at radius 3 is 2.44 bits per heavy atom. The van der Waals surface area contributed by atoms with Crippen molar-refractivity contribution in [2.24, 2.45) is 11.1 Å². The molecule has 0 aliphatic heterocycles. The van der Waals surface area contributed by atoms with Crippen LogP contribution in [0.4, 0.5) is 0 Å². The predicted molar refractivity (Wildman–Crippen MR) is 66.6 cm³/mol. The first kappa shape index (κ1) is 11.7. The molecule has 1 fully saturated rings. The van der Waals surface area contributed by atoms with Crippen LogP contribution in [-0.4, -0.2) is 12.2 Å². The molecule has 0 bridgehead atoms. The first-order valence-corrected chi connectivity index (χ1v) is 5.97. The number of rotatable bonds is 2.